The zero-order valence-corrected chi connectivity index (χ0v) is 13.3. The molecule has 0 saturated carbocycles. The first-order chi connectivity index (χ1) is 8.99. The fourth-order valence-electron chi connectivity index (χ4n) is 1.72. The number of halogens is 2. The van der Waals surface area contributed by atoms with Gasteiger partial charge in [0.15, 0.2) is 0 Å². The lowest BCUT2D eigenvalue weighted by Crippen LogP contribution is -1.99. The standard InChI is InChI=1S/C14H14BrClN2O/c1-8(2)12-13(16)17-7-18-14(12)19-10-4-5-11(15)9(3)6-10/h4-8H,1-3H3. The average molecular weight is 342 g/mol. The van der Waals surface area contributed by atoms with Gasteiger partial charge in [-0.25, -0.2) is 9.97 Å². The summed E-state index contributed by atoms with van der Waals surface area (Å²) in [6, 6.07) is 5.78. The van der Waals surface area contributed by atoms with E-state index in [1.54, 1.807) is 0 Å². The SMILES string of the molecule is Cc1cc(Oc2ncnc(Cl)c2C(C)C)ccc1Br. The van der Waals surface area contributed by atoms with Crippen LogP contribution in [0.25, 0.3) is 0 Å². The van der Waals surface area contributed by atoms with Gasteiger partial charge in [-0.2, -0.15) is 0 Å². The monoisotopic (exact) mass is 340 g/mol. The number of hydrogen-bond acceptors (Lipinski definition) is 3. The van der Waals surface area contributed by atoms with Gasteiger partial charge in [0.05, 0.1) is 5.56 Å². The maximum absolute atomic E-state index is 6.11. The normalized spacial score (nSPS) is 10.8. The van der Waals surface area contributed by atoms with E-state index in [0.29, 0.717) is 11.0 Å². The van der Waals surface area contributed by atoms with Crippen LogP contribution in [0.2, 0.25) is 5.15 Å². The Bertz CT molecular complexity index is 602. The summed E-state index contributed by atoms with van der Waals surface area (Å²) in [5.74, 6) is 1.44. The van der Waals surface area contributed by atoms with Crippen molar-refractivity contribution in [1.82, 2.24) is 9.97 Å². The predicted octanol–water partition coefficient (Wildman–Crippen LogP) is 5.12. The molecule has 1 heterocycles. The highest BCUT2D eigenvalue weighted by molar-refractivity contribution is 9.10. The molecule has 0 spiro atoms. The maximum Gasteiger partial charge on any atom is 0.227 e. The lowest BCUT2D eigenvalue weighted by Gasteiger charge is -2.13. The molecule has 0 bridgehead atoms. The smallest absolute Gasteiger partial charge is 0.227 e. The molecule has 3 nitrogen and oxygen atoms in total. The highest BCUT2D eigenvalue weighted by atomic mass is 79.9. The lowest BCUT2D eigenvalue weighted by molar-refractivity contribution is 0.451. The summed E-state index contributed by atoms with van der Waals surface area (Å²) >= 11 is 9.57. The molecule has 0 aliphatic carbocycles. The van der Waals surface area contributed by atoms with E-state index in [1.807, 2.05) is 39.0 Å². The van der Waals surface area contributed by atoms with Gasteiger partial charge in [-0.3, -0.25) is 0 Å². The summed E-state index contributed by atoms with van der Waals surface area (Å²) in [5.41, 5.74) is 1.92. The van der Waals surface area contributed by atoms with Crippen LogP contribution in [0.5, 0.6) is 11.6 Å². The first kappa shape index (κ1) is 14.3. The van der Waals surface area contributed by atoms with Gasteiger partial charge in [0.2, 0.25) is 5.88 Å². The van der Waals surface area contributed by atoms with Gasteiger partial charge in [0.25, 0.3) is 0 Å². The van der Waals surface area contributed by atoms with E-state index in [0.717, 1.165) is 21.3 Å². The number of aromatic nitrogens is 2. The quantitative estimate of drug-likeness (QED) is 0.727. The van der Waals surface area contributed by atoms with Crippen molar-refractivity contribution < 1.29 is 4.74 Å². The molecule has 1 aromatic carbocycles. The topological polar surface area (TPSA) is 35.0 Å². The zero-order valence-electron chi connectivity index (χ0n) is 10.9. The Morgan fingerprint density at radius 1 is 1.26 bits per heavy atom. The minimum Gasteiger partial charge on any atom is -0.439 e. The molecule has 2 aromatic rings. The molecular formula is C14H14BrClN2O. The van der Waals surface area contributed by atoms with Crippen molar-refractivity contribution in [1.29, 1.82) is 0 Å². The molecular weight excluding hydrogens is 328 g/mol. The number of nitrogens with zero attached hydrogens (tertiary/aromatic N) is 2. The van der Waals surface area contributed by atoms with E-state index in [9.17, 15) is 0 Å². The minimum atomic E-state index is 0.195. The Morgan fingerprint density at radius 2 is 2.00 bits per heavy atom. The van der Waals surface area contributed by atoms with Gasteiger partial charge in [0, 0.05) is 4.47 Å². The van der Waals surface area contributed by atoms with Crippen molar-refractivity contribution in [2.45, 2.75) is 26.7 Å². The van der Waals surface area contributed by atoms with Crippen LogP contribution in [0.3, 0.4) is 0 Å². The molecule has 0 radical (unpaired) electrons. The van der Waals surface area contributed by atoms with Crippen LogP contribution in [-0.2, 0) is 0 Å². The van der Waals surface area contributed by atoms with Crippen molar-refractivity contribution in [3.05, 3.63) is 45.3 Å². The van der Waals surface area contributed by atoms with Gasteiger partial charge in [0.1, 0.15) is 17.2 Å². The molecule has 0 fully saturated rings. The van der Waals surface area contributed by atoms with Crippen LogP contribution in [0, 0.1) is 6.92 Å². The third-order valence-electron chi connectivity index (χ3n) is 2.72. The third-order valence-corrected chi connectivity index (χ3v) is 3.91. The molecule has 0 atom stereocenters. The molecule has 100 valence electrons. The summed E-state index contributed by atoms with van der Waals surface area (Å²) in [6.07, 6.45) is 1.41. The Morgan fingerprint density at radius 3 is 2.63 bits per heavy atom. The Kier molecular flexibility index (Phi) is 4.42. The number of hydrogen-bond donors (Lipinski definition) is 0. The Labute approximate surface area is 126 Å². The summed E-state index contributed by atoms with van der Waals surface area (Å²) in [7, 11) is 0. The van der Waals surface area contributed by atoms with Crippen LogP contribution in [0.4, 0.5) is 0 Å². The summed E-state index contributed by atoms with van der Waals surface area (Å²) in [5, 5.41) is 0.439. The summed E-state index contributed by atoms with van der Waals surface area (Å²) in [4.78, 5) is 8.18. The fourth-order valence-corrected chi connectivity index (χ4v) is 2.31. The van der Waals surface area contributed by atoms with Crippen molar-refractivity contribution in [3.8, 4) is 11.6 Å². The number of benzene rings is 1. The lowest BCUT2D eigenvalue weighted by atomic mass is 10.1. The van der Waals surface area contributed by atoms with Crippen LogP contribution >= 0.6 is 27.5 Å². The predicted molar refractivity (Wildman–Crippen MR) is 80.1 cm³/mol. The number of aryl methyl sites for hydroxylation is 1. The largest absolute Gasteiger partial charge is 0.439 e. The van der Waals surface area contributed by atoms with Crippen molar-refractivity contribution >= 4 is 27.5 Å². The number of ether oxygens (including phenoxy) is 1. The molecule has 2 rings (SSSR count). The maximum atomic E-state index is 6.11. The molecule has 0 unspecified atom stereocenters. The van der Waals surface area contributed by atoms with Crippen LogP contribution in [-0.4, -0.2) is 9.97 Å². The molecule has 0 amide bonds. The van der Waals surface area contributed by atoms with Gasteiger partial charge < -0.3 is 4.74 Å². The van der Waals surface area contributed by atoms with Crippen LogP contribution in [0.1, 0.15) is 30.9 Å². The van der Waals surface area contributed by atoms with Crippen molar-refractivity contribution in [3.63, 3.8) is 0 Å². The fraction of sp³-hybridized carbons (Fsp3) is 0.286. The van der Waals surface area contributed by atoms with Gasteiger partial charge in [-0.1, -0.05) is 41.4 Å². The van der Waals surface area contributed by atoms with Gasteiger partial charge in [-0.05, 0) is 36.6 Å². The van der Waals surface area contributed by atoms with Crippen LogP contribution in [0.15, 0.2) is 29.0 Å². The summed E-state index contributed by atoms with van der Waals surface area (Å²) < 4.78 is 6.88. The Balaban J connectivity index is 2.38. The molecule has 0 N–H and O–H groups in total. The highest BCUT2D eigenvalue weighted by Gasteiger charge is 2.15. The van der Waals surface area contributed by atoms with E-state index in [4.69, 9.17) is 16.3 Å². The molecule has 0 aliphatic heterocycles. The van der Waals surface area contributed by atoms with E-state index in [2.05, 4.69) is 25.9 Å². The number of rotatable bonds is 3. The molecule has 19 heavy (non-hydrogen) atoms. The average Bonchev–Trinajstić information content (AvgIpc) is 2.33. The second-order valence-corrected chi connectivity index (χ2v) is 5.76. The van der Waals surface area contributed by atoms with Crippen LogP contribution < -0.4 is 4.74 Å². The Hall–Kier alpha value is -1.13. The van der Waals surface area contributed by atoms with E-state index >= 15 is 0 Å². The second-order valence-electron chi connectivity index (χ2n) is 4.55. The van der Waals surface area contributed by atoms with Crippen molar-refractivity contribution in [2.75, 3.05) is 0 Å². The minimum absolute atomic E-state index is 0.195. The van der Waals surface area contributed by atoms with E-state index in [-0.39, 0.29) is 5.92 Å². The van der Waals surface area contributed by atoms with Crippen molar-refractivity contribution in [2.24, 2.45) is 0 Å². The van der Waals surface area contributed by atoms with Gasteiger partial charge in [-0.15, -0.1) is 0 Å². The third kappa shape index (κ3) is 3.25. The molecule has 5 heteroatoms. The molecule has 0 aliphatic rings. The molecule has 1 aromatic heterocycles. The second kappa shape index (κ2) is 5.88. The zero-order chi connectivity index (χ0) is 14.0. The first-order valence-corrected chi connectivity index (χ1v) is 7.10. The highest BCUT2D eigenvalue weighted by Crippen LogP contribution is 2.33. The van der Waals surface area contributed by atoms with E-state index in [1.165, 1.54) is 6.33 Å². The van der Waals surface area contributed by atoms with Gasteiger partial charge >= 0.3 is 0 Å². The van der Waals surface area contributed by atoms with E-state index < -0.39 is 0 Å². The molecule has 0 saturated heterocycles. The first-order valence-electron chi connectivity index (χ1n) is 5.93. The summed E-state index contributed by atoms with van der Waals surface area (Å²) in [6.45, 7) is 6.07.